The van der Waals surface area contributed by atoms with Gasteiger partial charge in [0, 0.05) is 45.0 Å². The molecule has 0 atom stereocenters. The van der Waals surface area contributed by atoms with Crippen molar-refractivity contribution in [1.29, 1.82) is 0 Å². The molecule has 9 heteroatoms. The summed E-state index contributed by atoms with van der Waals surface area (Å²) in [5.41, 5.74) is 0.416. The maximum atomic E-state index is 12.7. The number of carbonyl (C=O) groups excluding carboxylic acids is 1. The number of nitrogens with zero attached hydrogens (tertiary/aromatic N) is 3. The smallest absolute Gasteiger partial charge is 0.417 e. The van der Waals surface area contributed by atoms with Crippen LogP contribution in [0.3, 0.4) is 0 Å². The van der Waals surface area contributed by atoms with E-state index in [0.717, 1.165) is 31.8 Å². The maximum Gasteiger partial charge on any atom is 0.417 e. The minimum Gasteiger partial charge on any atom is -0.439 e. The Kier molecular flexibility index (Phi) is 6.96. The maximum absolute atomic E-state index is 12.7. The number of hydrogen-bond donors (Lipinski definition) is 0. The summed E-state index contributed by atoms with van der Waals surface area (Å²) in [5, 5.41) is 2.46. The lowest BCUT2D eigenvalue weighted by molar-refractivity contribution is -0.137. The highest BCUT2D eigenvalue weighted by molar-refractivity contribution is 5.85. The third-order valence-corrected chi connectivity index (χ3v) is 6.22. The lowest BCUT2D eigenvalue weighted by Crippen LogP contribution is -2.49. The first-order valence-electron chi connectivity index (χ1n) is 11.8. The van der Waals surface area contributed by atoms with Gasteiger partial charge in [0.25, 0.3) is 0 Å². The highest BCUT2D eigenvalue weighted by Gasteiger charge is 2.30. The molecule has 1 aliphatic rings. The second-order valence-electron chi connectivity index (χ2n) is 8.73. The fourth-order valence-electron chi connectivity index (χ4n) is 4.23. The van der Waals surface area contributed by atoms with Crippen LogP contribution < -0.4 is 9.47 Å². The van der Waals surface area contributed by atoms with Gasteiger partial charge < -0.3 is 14.4 Å². The average Bonchev–Trinajstić information content (AvgIpc) is 2.90. The van der Waals surface area contributed by atoms with Crippen LogP contribution in [-0.2, 0) is 12.7 Å². The number of pyridine rings is 1. The van der Waals surface area contributed by atoms with Crippen molar-refractivity contribution in [2.75, 3.05) is 26.2 Å². The lowest BCUT2D eigenvalue weighted by Gasteiger charge is -2.34. The fraction of sp³-hybridized carbons (Fsp3) is 0.214. The summed E-state index contributed by atoms with van der Waals surface area (Å²) in [5.74, 6) is 0.726. The third kappa shape index (κ3) is 6.00. The van der Waals surface area contributed by atoms with E-state index in [1.165, 1.54) is 16.3 Å². The van der Waals surface area contributed by atoms with Crippen LogP contribution in [0.1, 0.15) is 11.1 Å². The van der Waals surface area contributed by atoms with Gasteiger partial charge in [0.1, 0.15) is 11.5 Å². The summed E-state index contributed by atoms with van der Waals surface area (Å²) < 4.78 is 49.0. The molecule has 1 amide bonds. The summed E-state index contributed by atoms with van der Waals surface area (Å²) in [6, 6.07) is 22.9. The van der Waals surface area contributed by atoms with Crippen LogP contribution in [0.4, 0.5) is 18.0 Å². The van der Waals surface area contributed by atoms with Crippen molar-refractivity contribution in [3.63, 3.8) is 0 Å². The topological polar surface area (TPSA) is 54.9 Å². The van der Waals surface area contributed by atoms with Crippen molar-refractivity contribution in [2.45, 2.75) is 12.7 Å². The van der Waals surface area contributed by atoms with Gasteiger partial charge >= 0.3 is 12.3 Å². The third-order valence-electron chi connectivity index (χ3n) is 6.22. The molecular formula is C28H24F3N3O3. The first kappa shape index (κ1) is 24.6. The molecule has 0 N–H and O–H groups in total. The van der Waals surface area contributed by atoms with Crippen molar-refractivity contribution in [2.24, 2.45) is 0 Å². The van der Waals surface area contributed by atoms with Gasteiger partial charge in [-0.25, -0.2) is 9.78 Å². The van der Waals surface area contributed by atoms with E-state index in [9.17, 15) is 18.0 Å². The molecule has 6 nitrogen and oxygen atoms in total. The number of rotatable bonds is 5. The number of alkyl halides is 3. The van der Waals surface area contributed by atoms with Gasteiger partial charge in [-0.15, -0.1) is 0 Å². The van der Waals surface area contributed by atoms with Gasteiger partial charge in [-0.3, -0.25) is 4.90 Å². The van der Waals surface area contributed by atoms with Gasteiger partial charge in [-0.2, -0.15) is 13.2 Å². The molecule has 37 heavy (non-hydrogen) atoms. The first-order chi connectivity index (χ1) is 17.8. The highest BCUT2D eigenvalue weighted by Crippen LogP contribution is 2.30. The molecule has 0 unspecified atom stereocenters. The van der Waals surface area contributed by atoms with Gasteiger partial charge in [0.05, 0.1) is 5.56 Å². The van der Waals surface area contributed by atoms with Crippen LogP contribution in [0, 0.1) is 0 Å². The van der Waals surface area contributed by atoms with E-state index in [0.29, 0.717) is 30.8 Å². The summed E-state index contributed by atoms with van der Waals surface area (Å²) >= 11 is 0. The minimum atomic E-state index is -4.46. The minimum absolute atomic E-state index is 0.0270. The second-order valence-corrected chi connectivity index (χ2v) is 8.73. The number of fused-ring (bicyclic) bond motifs is 1. The molecule has 4 aromatic rings. The molecule has 0 radical (unpaired) electrons. The number of ether oxygens (including phenoxy) is 2. The summed E-state index contributed by atoms with van der Waals surface area (Å²) in [6.45, 7) is 3.42. The van der Waals surface area contributed by atoms with E-state index in [1.807, 2.05) is 12.1 Å². The van der Waals surface area contributed by atoms with Crippen molar-refractivity contribution in [3.8, 4) is 17.4 Å². The van der Waals surface area contributed by atoms with Gasteiger partial charge in [-0.1, -0.05) is 42.5 Å². The monoisotopic (exact) mass is 507 g/mol. The van der Waals surface area contributed by atoms with Crippen LogP contribution in [0.15, 0.2) is 85.1 Å². The predicted octanol–water partition coefficient (Wildman–Crippen LogP) is 6.36. The van der Waals surface area contributed by atoms with Crippen molar-refractivity contribution in [3.05, 3.63) is 96.2 Å². The Balaban J connectivity index is 1.11. The van der Waals surface area contributed by atoms with Crippen LogP contribution >= 0.6 is 0 Å². The summed E-state index contributed by atoms with van der Waals surface area (Å²) in [7, 11) is 0. The quantitative estimate of drug-likeness (QED) is 0.315. The lowest BCUT2D eigenvalue weighted by atomic mass is 10.0. The van der Waals surface area contributed by atoms with Crippen molar-refractivity contribution < 1.29 is 27.4 Å². The molecule has 1 aromatic heterocycles. The zero-order valence-corrected chi connectivity index (χ0v) is 19.8. The average molecular weight is 508 g/mol. The van der Waals surface area contributed by atoms with Crippen LogP contribution in [0.25, 0.3) is 10.8 Å². The van der Waals surface area contributed by atoms with Crippen LogP contribution in [-0.4, -0.2) is 47.1 Å². The Labute approximate surface area is 211 Å². The predicted molar refractivity (Wildman–Crippen MR) is 133 cm³/mol. The van der Waals surface area contributed by atoms with E-state index < -0.39 is 17.8 Å². The largest absolute Gasteiger partial charge is 0.439 e. The van der Waals surface area contributed by atoms with Crippen LogP contribution in [0.5, 0.6) is 17.4 Å². The van der Waals surface area contributed by atoms with Crippen LogP contribution in [0.2, 0.25) is 0 Å². The Morgan fingerprint density at radius 2 is 1.54 bits per heavy atom. The standard InChI is InChI=1S/C28H24F3N3O3/c29-28(30,31)22-8-13-26(32-18-22)36-23-9-11-24(12-10-23)37-27(35)34-16-14-33(15-17-34)19-21-6-3-5-20-4-1-2-7-25(20)21/h1-13,18H,14-17,19H2. The van der Waals surface area contributed by atoms with E-state index in [-0.39, 0.29) is 5.88 Å². The van der Waals surface area contributed by atoms with E-state index >= 15 is 0 Å². The molecular weight excluding hydrogens is 483 g/mol. The Bertz CT molecular complexity index is 1360. The summed E-state index contributed by atoms with van der Waals surface area (Å²) in [6.07, 6.45) is -4.17. The SMILES string of the molecule is O=C(Oc1ccc(Oc2ccc(C(F)(F)F)cn2)cc1)N1CCN(Cc2cccc3ccccc23)CC1. The molecule has 5 rings (SSSR count). The Hall–Kier alpha value is -4.11. The molecule has 1 saturated heterocycles. The molecule has 190 valence electrons. The van der Waals surface area contributed by atoms with Crippen molar-refractivity contribution in [1.82, 2.24) is 14.8 Å². The zero-order valence-electron chi connectivity index (χ0n) is 19.8. The normalized spacial score (nSPS) is 14.5. The molecule has 0 spiro atoms. The number of aromatic nitrogens is 1. The van der Waals surface area contributed by atoms with Gasteiger partial charge in [0.15, 0.2) is 0 Å². The number of benzene rings is 3. The van der Waals surface area contributed by atoms with Gasteiger partial charge in [0.2, 0.25) is 5.88 Å². The molecule has 0 saturated carbocycles. The number of halogens is 3. The number of amides is 1. The van der Waals surface area contributed by atoms with Gasteiger partial charge in [-0.05, 0) is 46.7 Å². The zero-order chi connectivity index (χ0) is 25.8. The first-order valence-corrected chi connectivity index (χ1v) is 11.8. The number of piperazine rings is 1. The Morgan fingerprint density at radius 3 is 2.24 bits per heavy atom. The second kappa shape index (κ2) is 10.5. The number of hydrogen-bond acceptors (Lipinski definition) is 5. The molecule has 3 aromatic carbocycles. The fourth-order valence-corrected chi connectivity index (χ4v) is 4.23. The number of carbonyl (C=O) groups is 1. The molecule has 0 aliphatic carbocycles. The Morgan fingerprint density at radius 1 is 0.838 bits per heavy atom. The molecule has 1 aliphatic heterocycles. The van der Waals surface area contributed by atoms with E-state index in [1.54, 1.807) is 29.2 Å². The van der Waals surface area contributed by atoms with Crippen molar-refractivity contribution >= 4 is 16.9 Å². The molecule has 2 heterocycles. The van der Waals surface area contributed by atoms with E-state index in [4.69, 9.17) is 9.47 Å². The summed E-state index contributed by atoms with van der Waals surface area (Å²) in [4.78, 5) is 20.3. The molecule has 1 fully saturated rings. The van der Waals surface area contributed by atoms with E-state index in [2.05, 4.69) is 40.2 Å². The highest BCUT2D eigenvalue weighted by atomic mass is 19.4. The molecule has 0 bridgehead atoms.